The van der Waals surface area contributed by atoms with Crippen molar-refractivity contribution < 1.29 is 19.5 Å². The van der Waals surface area contributed by atoms with Crippen LogP contribution in [-0.2, 0) is 20.8 Å². The lowest BCUT2D eigenvalue weighted by Gasteiger charge is -2.13. The number of carbonyl (C=O) groups is 3. The van der Waals surface area contributed by atoms with Crippen LogP contribution in [0.2, 0.25) is 0 Å². The highest BCUT2D eigenvalue weighted by Crippen LogP contribution is 2.17. The molecule has 110 valence electrons. The Balaban J connectivity index is 2.57. The zero-order chi connectivity index (χ0) is 15.3. The number of nitrogens with one attached hydrogen (secondary N) is 1. The van der Waals surface area contributed by atoms with Crippen LogP contribution in [0, 0.1) is 5.92 Å². The molecule has 7 nitrogen and oxygen atoms in total. The average molecular weight is 299 g/mol. The summed E-state index contributed by atoms with van der Waals surface area (Å²) in [5, 5.41) is 13.4. The number of rotatable bonds is 6. The molecule has 2 amide bonds. The zero-order valence-corrected chi connectivity index (χ0v) is 12.4. The third-order valence-corrected chi connectivity index (χ3v) is 3.24. The van der Waals surface area contributed by atoms with Crippen LogP contribution in [0.4, 0.5) is 5.13 Å². The van der Waals surface area contributed by atoms with Gasteiger partial charge in [-0.15, -0.1) is 11.3 Å². The van der Waals surface area contributed by atoms with Gasteiger partial charge >= 0.3 is 5.97 Å². The van der Waals surface area contributed by atoms with Gasteiger partial charge in [0.2, 0.25) is 11.8 Å². The summed E-state index contributed by atoms with van der Waals surface area (Å²) in [6, 6.07) is 0. The van der Waals surface area contributed by atoms with Crippen LogP contribution < -0.4 is 5.32 Å². The van der Waals surface area contributed by atoms with Crippen LogP contribution in [0.15, 0.2) is 5.38 Å². The van der Waals surface area contributed by atoms with Crippen molar-refractivity contribution in [2.75, 3.05) is 18.9 Å². The van der Waals surface area contributed by atoms with E-state index in [1.807, 2.05) is 0 Å². The Bertz CT molecular complexity index is 513. The van der Waals surface area contributed by atoms with Crippen molar-refractivity contribution in [2.45, 2.75) is 20.3 Å². The predicted molar refractivity (Wildman–Crippen MR) is 74.6 cm³/mol. The molecule has 0 bridgehead atoms. The van der Waals surface area contributed by atoms with Crippen molar-refractivity contribution in [2.24, 2.45) is 5.92 Å². The molecule has 2 N–H and O–H groups in total. The fraction of sp³-hybridized carbons (Fsp3) is 0.500. The Morgan fingerprint density at radius 2 is 2.10 bits per heavy atom. The number of carbonyl (C=O) groups excluding carboxylic acids is 2. The van der Waals surface area contributed by atoms with Gasteiger partial charge < -0.3 is 15.3 Å². The van der Waals surface area contributed by atoms with E-state index in [0.717, 1.165) is 4.90 Å². The van der Waals surface area contributed by atoms with Gasteiger partial charge in [-0.1, -0.05) is 13.8 Å². The number of hydrogen-bond acceptors (Lipinski definition) is 5. The first-order chi connectivity index (χ1) is 9.29. The Morgan fingerprint density at radius 3 is 2.65 bits per heavy atom. The van der Waals surface area contributed by atoms with Crippen LogP contribution in [-0.4, -0.2) is 46.4 Å². The minimum atomic E-state index is -1.07. The normalized spacial score (nSPS) is 10.4. The summed E-state index contributed by atoms with van der Waals surface area (Å²) in [4.78, 5) is 39.0. The Kier molecular flexibility index (Phi) is 5.63. The first-order valence-electron chi connectivity index (χ1n) is 6.00. The first-order valence-corrected chi connectivity index (χ1v) is 6.88. The largest absolute Gasteiger partial charge is 0.480 e. The molecule has 0 spiro atoms. The van der Waals surface area contributed by atoms with E-state index >= 15 is 0 Å². The molecule has 0 radical (unpaired) electrons. The van der Waals surface area contributed by atoms with Crippen LogP contribution in [0.1, 0.15) is 19.5 Å². The van der Waals surface area contributed by atoms with Gasteiger partial charge in [0.15, 0.2) is 5.13 Å². The fourth-order valence-electron chi connectivity index (χ4n) is 1.28. The smallest absolute Gasteiger partial charge is 0.323 e. The quantitative estimate of drug-likeness (QED) is 0.810. The number of carboxylic acid groups (broad SMARTS) is 1. The number of aliphatic carboxylic acids is 1. The molecule has 1 rings (SSSR count). The van der Waals surface area contributed by atoms with Gasteiger partial charge in [0.05, 0.1) is 12.1 Å². The topological polar surface area (TPSA) is 99.6 Å². The maximum absolute atomic E-state index is 11.7. The Morgan fingerprint density at radius 1 is 1.45 bits per heavy atom. The second-order valence-electron chi connectivity index (χ2n) is 4.61. The van der Waals surface area contributed by atoms with Gasteiger partial charge in [0.25, 0.3) is 0 Å². The molecule has 1 aromatic heterocycles. The summed E-state index contributed by atoms with van der Waals surface area (Å²) in [6.07, 6.45) is 0.0117. The molecule has 1 heterocycles. The van der Waals surface area contributed by atoms with Gasteiger partial charge in [-0.25, -0.2) is 4.98 Å². The van der Waals surface area contributed by atoms with Crippen LogP contribution >= 0.6 is 11.3 Å². The summed E-state index contributed by atoms with van der Waals surface area (Å²) < 4.78 is 0. The lowest BCUT2D eigenvalue weighted by molar-refractivity contribution is -0.143. The molecule has 0 aliphatic rings. The summed E-state index contributed by atoms with van der Waals surface area (Å²) in [7, 11) is 1.42. The molecule has 0 aliphatic heterocycles. The van der Waals surface area contributed by atoms with Crippen LogP contribution in [0.25, 0.3) is 0 Å². The van der Waals surface area contributed by atoms with E-state index in [1.165, 1.54) is 18.4 Å². The lowest BCUT2D eigenvalue weighted by atomic mass is 10.2. The minimum Gasteiger partial charge on any atom is -0.480 e. The molecular formula is C12H17N3O4S. The number of anilines is 1. The summed E-state index contributed by atoms with van der Waals surface area (Å²) >= 11 is 1.23. The molecule has 0 saturated heterocycles. The number of likely N-dealkylation sites (N-methyl/N-ethyl adjacent to an activating group) is 1. The highest BCUT2D eigenvalue weighted by atomic mass is 32.1. The van der Waals surface area contributed by atoms with Crippen LogP contribution in [0.3, 0.4) is 0 Å². The van der Waals surface area contributed by atoms with Crippen molar-refractivity contribution in [1.29, 1.82) is 0 Å². The minimum absolute atomic E-state index is 0.0117. The predicted octanol–water partition coefficient (Wildman–Crippen LogP) is 0.823. The molecule has 0 aliphatic carbocycles. The van der Waals surface area contributed by atoms with E-state index in [2.05, 4.69) is 10.3 Å². The van der Waals surface area contributed by atoms with E-state index in [-0.39, 0.29) is 30.7 Å². The maximum atomic E-state index is 11.7. The molecule has 0 unspecified atom stereocenters. The van der Waals surface area contributed by atoms with Gasteiger partial charge in [0.1, 0.15) is 6.54 Å². The van der Waals surface area contributed by atoms with E-state index in [9.17, 15) is 14.4 Å². The van der Waals surface area contributed by atoms with Crippen molar-refractivity contribution in [3.05, 3.63) is 11.1 Å². The number of nitrogens with zero attached hydrogens (tertiary/aromatic N) is 2. The highest BCUT2D eigenvalue weighted by Gasteiger charge is 2.15. The van der Waals surface area contributed by atoms with E-state index < -0.39 is 5.97 Å². The molecule has 1 aromatic rings. The number of thiazole rings is 1. The highest BCUT2D eigenvalue weighted by molar-refractivity contribution is 7.13. The fourth-order valence-corrected chi connectivity index (χ4v) is 1.99. The van der Waals surface area contributed by atoms with Gasteiger partial charge in [-0.05, 0) is 0 Å². The molecule has 0 fully saturated rings. The molecule has 20 heavy (non-hydrogen) atoms. The summed E-state index contributed by atoms with van der Waals surface area (Å²) in [5.74, 6) is -1.69. The van der Waals surface area contributed by atoms with Gasteiger partial charge in [-0.3, -0.25) is 14.4 Å². The number of amides is 2. The van der Waals surface area contributed by atoms with Crippen molar-refractivity contribution in [1.82, 2.24) is 9.88 Å². The number of hydrogen-bond donors (Lipinski definition) is 2. The molecule has 0 saturated carbocycles. The monoisotopic (exact) mass is 299 g/mol. The lowest BCUT2D eigenvalue weighted by Crippen LogP contribution is -2.33. The van der Waals surface area contributed by atoms with Crippen molar-refractivity contribution in [3.8, 4) is 0 Å². The summed E-state index contributed by atoms with van der Waals surface area (Å²) in [6.45, 7) is 3.20. The van der Waals surface area contributed by atoms with E-state index in [4.69, 9.17) is 5.11 Å². The van der Waals surface area contributed by atoms with Crippen LogP contribution in [0.5, 0.6) is 0 Å². The molecule has 8 heteroatoms. The third kappa shape index (κ3) is 4.96. The Hall–Kier alpha value is -1.96. The SMILES string of the molecule is CC(C)C(=O)Nc1nc(CC(=O)N(C)CC(=O)O)cs1. The third-order valence-electron chi connectivity index (χ3n) is 2.44. The summed E-state index contributed by atoms with van der Waals surface area (Å²) in [5.41, 5.74) is 0.510. The van der Waals surface area contributed by atoms with Crippen molar-refractivity contribution in [3.63, 3.8) is 0 Å². The molecule has 0 atom stereocenters. The van der Waals surface area contributed by atoms with Gasteiger partial charge in [0, 0.05) is 18.3 Å². The second kappa shape index (κ2) is 6.99. The maximum Gasteiger partial charge on any atom is 0.323 e. The molecular weight excluding hydrogens is 282 g/mol. The van der Waals surface area contributed by atoms with E-state index in [1.54, 1.807) is 19.2 Å². The van der Waals surface area contributed by atoms with E-state index in [0.29, 0.717) is 10.8 Å². The standard InChI is InChI=1S/C12H17N3O4S/c1-7(2)11(19)14-12-13-8(6-20-12)4-9(16)15(3)5-10(17)18/h6-7H,4-5H2,1-3H3,(H,17,18)(H,13,14,19). The van der Waals surface area contributed by atoms with Crippen molar-refractivity contribution >= 4 is 34.3 Å². The first kappa shape index (κ1) is 16.1. The number of aromatic nitrogens is 1. The Labute approximate surface area is 120 Å². The number of carboxylic acids is 1. The zero-order valence-electron chi connectivity index (χ0n) is 11.5. The second-order valence-corrected chi connectivity index (χ2v) is 5.47. The average Bonchev–Trinajstić information content (AvgIpc) is 2.75. The van der Waals surface area contributed by atoms with Gasteiger partial charge in [-0.2, -0.15) is 0 Å². The molecule has 0 aromatic carbocycles.